The van der Waals surface area contributed by atoms with Gasteiger partial charge in [0.15, 0.2) is 0 Å². The van der Waals surface area contributed by atoms with Crippen LogP contribution < -0.4 is 0 Å². The Hall–Kier alpha value is -1.96. The van der Waals surface area contributed by atoms with Crippen LogP contribution in [0.2, 0.25) is 0 Å². The topological polar surface area (TPSA) is 40.5 Å². The zero-order valence-electron chi connectivity index (χ0n) is 19.2. The van der Waals surface area contributed by atoms with Gasteiger partial charge in [-0.25, -0.2) is 0 Å². The lowest BCUT2D eigenvalue weighted by molar-refractivity contribution is 0.126. The Morgan fingerprint density at radius 3 is 1.62 bits per heavy atom. The second-order valence-electron chi connectivity index (χ2n) is 10.8. The standard InChI is InChI=1S/C27H38O2/c1-17(2)22-12-20(8-10-24(22)28)27(15-19(5)14-26(6,7)16-27)21-9-11-25(29)23(13-21)18(3)4/h8-13,17-19,28-29H,14-16H2,1-7H3. The Morgan fingerprint density at radius 1 is 0.793 bits per heavy atom. The van der Waals surface area contributed by atoms with Crippen molar-refractivity contribution >= 4 is 0 Å². The zero-order valence-corrected chi connectivity index (χ0v) is 19.2. The molecule has 1 saturated carbocycles. The van der Waals surface area contributed by atoms with Crippen molar-refractivity contribution in [3.05, 3.63) is 58.7 Å². The molecule has 0 aliphatic heterocycles. The SMILES string of the molecule is CC1CC(C)(C)CC(c2ccc(O)c(C(C)C)c2)(c2ccc(O)c(C(C)C)c2)C1. The Kier molecular flexibility index (Phi) is 5.77. The second-order valence-corrected chi connectivity index (χ2v) is 10.8. The third-order valence-electron chi connectivity index (χ3n) is 6.78. The van der Waals surface area contributed by atoms with E-state index in [1.54, 1.807) is 0 Å². The summed E-state index contributed by atoms with van der Waals surface area (Å²) in [6.45, 7) is 15.7. The number of hydrogen-bond acceptors (Lipinski definition) is 2. The fourth-order valence-corrected chi connectivity index (χ4v) is 5.81. The molecular formula is C27H38O2. The summed E-state index contributed by atoms with van der Waals surface area (Å²) in [6, 6.07) is 12.5. The zero-order chi connectivity index (χ0) is 21.6. The molecule has 1 unspecified atom stereocenters. The molecule has 0 spiro atoms. The highest BCUT2D eigenvalue weighted by molar-refractivity contribution is 5.50. The van der Waals surface area contributed by atoms with Gasteiger partial charge in [0, 0.05) is 5.41 Å². The first-order valence-electron chi connectivity index (χ1n) is 11.1. The first-order valence-corrected chi connectivity index (χ1v) is 11.1. The van der Waals surface area contributed by atoms with Gasteiger partial charge in [0.1, 0.15) is 11.5 Å². The summed E-state index contributed by atoms with van der Waals surface area (Å²) in [4.78, 5) is 0. The lowest BCUT2D eigenvalue weighted by atomic mass is 9.55. The van der Waals surface area contributed by atoms with Crippen molar-refractivity contribution in [1.29, 1.82) is 0 Å². The minimum atomic E-state index is -0.115. The van der Waals surface area contributed by atoms with Gasteiger partial charge in [-0.15, -0.1) is 0 Å². The van der Waals surface area contributed by atoms with Gasteiger partial charge in [0.05, 0.1) is 0 Å². The minimum absolute atomic E-state index is 0.115. The van der Waals surface area contributed by atoms with Gasteiger partial charge in [-0.1, -0.05) is 72.7 Å². The van der Waals surface area contributed by atoms with Crippen molar-refractivity contribution in [2.24, 2.45) is 11.3 Å². The molecule has 1 fully saturated rings. The average Bonchev–Trinajstić information content (AvgIpc) is 2.60. The van der Waals surface area contributed by atoms with Gasteiger partial charge < -0.3 is 10.2 Å². The minimum Gasteiger partial charge on any atom is -0.508 e. The lowest BCUT2D eigenvalue weighted by Gasteiger charge is -2.49. The van der Waals surface area contributed by atoms with Crippen LogP contribution in [-0.2, 0) is 5.41 Å². The van der Waals surface area contributed by atoms with Crippen LogP contribution in [0.25, 0.3) is 0 Å². The van der Waals surface area contributed by atoms with Crippen LogP contribution in [0, 0.1) is 11.3 Å². The predicted octanol–water partition coefficient (Wildman–Crippen LogP) is 7.48. The van der Waals surface area contributed by atoms with E-state index in [1.165, 1.54) is 17.5 Å². The first kappa shape index (κ1) is 21.7. The monoisotopic (exact) mass is 394 g/mol. The van der Waals surface area contributed by atoms with E-state index in [4.69, 9.17) is 0 Å². The highest BCUT2D eigenvalue weighted by atomic mass is 16.3. The van der Waals surface area contributed by atoms with Crippen LogP contribution in [0.3, 0.4) is 0 Å². The van der Waals surface area contributed by atoms with E-state index < -0.39 is 0 Å². The van der Waals surface area contributed by atoms with Crippen molar-refractivity contribution in [3.63, 3.8) is 0 Å². The van der Waals surface area contributed by atoms with Gasteiger partial charge in [-0.2, -0.15) is 0 Å². The fraction of sp³-hybridized carbons (Fsp3) is 0.556. The summed E-state index contributed by atoms with van der Waals surface area (Å²) in [5.41, 5.74) is 4.72. The Balaban J connectivity index is 2.27. The number of benzene rings is 2. The highest BCUT2D eigenvalue weighted by Crippen LogP contribution is 2.54. The van der Waals surface area contributed by atoms with Crippen molar-refractivity contribution in [2.75, 3.05) is 0 Å². The van der Waals surface area contributed by atoms with E-state index >= 15 is 0 Å². The van der Waals surface area contributed by atoms with Crippen LogP contribution in [0.5, 0.6) is 11.5 Å². The van der Waals surface area contributed by atoms with Crippen molar-refractivity contribution in [2.45, 2.75) is 85.0 Å². The second kappa shape index (κ2) is 7.70. The lowest BCUT2D eigenvalue weighted by Crippen LogP contribution is -2.41. The summed E-state index contributed by atoms with van der Waals surface area (Å²) in [7, 11) is 0. The molecule has 2 nitrogen and oxygen atoms in total. The van der Waals surface area contributed by atoms with Crippen molar-refractivity contribution in [3.8, 4) is 11.5 Å². The van der Waals surface area contributed by atoms with E-state index in [2.05, 4.69) is 72.7 Å². The smallest absolute Gasteiger partial charge is 0.119 e. The maximum absolute atomic E-state index is 10.4. The quantitative estimate of drug-likeness (QED) is 0.564. The largest absolute Gasteiger partial charge is 0.508 e. The van der Waals surface area contributed by atoms with E-state index in [9.17, 15) is 10.2 Å². The molecule has 0 amide bonds. The molecule has 1 aliphatic rings. The number of phenols is 2. The average molecular weight is 395 g/mol. The predicted molar refractivity (Wildman–Crippen MR) is 122 cm³/mol. The van der Waals surface area contributed by atoms with Gasteiger partial charge in [-0.05, 0) is 76.8 Å². The van der Waals surface area contributed by atoms with Crippen molar-refractivity contribution < 1.29 is 10.2 Å². The number of rotatable bonds is 4. The van der Waals surface area contributed by atoms with Gasteiger partial charge in [-0.3, -0.25) is 0 Å². The number of hydrogen-bond donors (Lipinski definition) is 2. The Morgan fingerprint density at radius 2 is 1.24 bits per heavy atom. The molecule has 1 atom stereocenters. The van der Waals surface area contributed by atoms with Crippen LogP contribution in [0.1, 0.15) is 102 Å². The summed E-state index contributed by atoms with van der Waals surface area (Å²) in [5, 5.41) is 20.9. The van der Waals surface area contributed by atoms with E-state index in [0.717, 1.165) is 24.0 Å². The Labute approximate surface area is 177 Å². The van der Waals surface area contributed by atoms with E-state index in [-0.39, 0.29) is 22.7 Å². The normalized spacial score (nSPS) is 20.9. The summed E-state index contributed by atoms with van der Waals surface area (Å²) in [6.07, 6.45) is 3.37. The van der Waals surface area contributed by atoms with Gasteiger partial charge in [0.2, 0.25) is 0 Å². The molecule has 158 valence electrons. The molecule has 1 aliphatic carbocycles. The summed E-state index contributed by atoms with van der Waals surface area (Å²) < 4.78 is 0. The molecule has 2 aromatic rings. The maximum Gasteiger partial charge on any atom is 0.119 e. The third kappa shape index (κ3) is 4.17. The van der Waals surface area contributed by atoms with Crippen molar-refractivity contribution in [1.82, 2.24) is 0 Å². The van der Waals surface area contributed by atoms with E-state index in [0.29, 0.717) is 17.4 Å². The summed E-state index contributed by atoms with van der Waals surface area (Å²) >= 11 is 0. The molecule has 2 N–H and O–H groups in total. The molecule has 0 bridgehead atoms. The first-order chi connectivity index (χ1) is 13.4. The molecular weight excluding hydrogens is 356 g/mol. The molecule has 0 heterocycles. The number of aromatic hydroxyl groups is 2. The van der Waals surface area contributed by atoms with Gasteiger partial charge in [0.25, 0.3) is 0 Å². The molecule has 0 saturated heterocycles. The van der Waals surface area contributed by atoms with Crippen LogP contribution >= 0.6 is 0 Å². The summed E-state index contributed by atoms with van der Waals surface area (Å²) in [5.74, 6) is 1.91. The third-order valence-corrected chi connectivity index (χ3v) is 6.78. The van der Waals surface area contributed by atoms with Crippen LogP contribution in [-0.4, -0.2) is 10.2 Å². The molecule has 2 heteroatoms. The van der Waals surface area contributed by atoms with E-state index in [1.807, 2.05) is 12.1 Å². The molecule has 0 radical (unpaired) electrons. The molecule has 3 rings (SSSR count). The highest BCUT2D eigenvalue weighted by Gasteiger charge is 2.45. The maximum atomic E-state index is 10.4. The number of phenolic OH excluding ortho intramolecular Hbond substituents is 2. The van der Waals surface area contributed by atoms with Gasteiger partial charge >= 0.3 is 0 Å². The Bertz CT molecular complexity index is 819. The van der Waals surface area contributed by atoms with Crippen LogP contribution in [0.4, 0.5) is 0 Å². The molecule has 29 heavy (non-hydrogen) atoms. The molecule has 2 aromatic carbocycles. The van der Waals surface area contributed by atoms with Crippen LogP contribution in [0.15, 0.2) is 36.4 Å². The fourth-order valence-electron chi connectivity index (χ4n) is 5.81. The molecule has 0 aromatic heterocycles.